The summed E-state index contributed by atoms with van der Waals surface area (Å²) in [6.07, 6.45) is 38.4. The van der Waals surface area contributed by atoms with Crippen LogP contribution < -0.4 is 5.73 Å². The third-order valence-corrected chi connectivity index (χ3v) is 9.59. The Morgan fingerprint density at radius 2 is 1.28 bits per heavy atom. The first-order valence-electron chi connectivity index (χ1n) is 21.4. The zero-order valence-electron chi connectivity index (χ0n) is 35.3. The minimum Gasteiger partial charge on any atom is -0.462 e. The first-order valence-corrected chi connectivity index (χ1v) is 22.9. The summed E-state index contributed by atoms with van der Waals surface area (Å²) in [5, 5.41) is 30.4. The van der Waals surface area contributed by atoms with E-state index in [1.807, 2.05) is 19.1 Å². The Morgan fingerprint density at radius 3 is 1.93 bits per heavy atom. The van der Waals surface area contributed by atoms with Gasteiger partial charge in [0.05, 0.1) is 31.5 Å². The Morgan fingerprint density at radius 1 is 0.672 bits per heavy atom. The molecule has 1 unspecified atom stereocenters. The van der Waals surface area contributed by atoms with Gasteiger partial charge in [-0.2, -0.15) is 0 Å². The molecule has 0 saturated heterocycles. The van der Waals surface area contributed by atoms with Crippen LogP contribution >= 0.6 is 7.82 Å². The number of unbranched alkanes of at least 4 members (excludes halogenated alkanes) is 10. The average Bonchev–Trinajstić information content (AvgIpc) is 3.20. The highest BCUT2D eigenvalue weighted by Gasteiger charge is 2.26. The molecule has 0 amide bonds. The number of carbonyl (C=O) groups excluding carboxylic acids is 2. The number of hydrogen-bond acceptors (Lipinski definition) is 11. The smallest absolute Gasteiger partial charge is 0.462 e. The number of aliphatic hydroxyl groups is 3. The van der Waals surface area contributed by atoms with Gasteiger partial charge >= 0.3 is 19.8 Å². The molecule has 0 spiro atoms. The van der Waals surface area contributed by atoms with E-state index in [4.69, 9.17) is 24.3 Å². The second-order valence-corrected chi connectivity index (χ2v) is 15.5. The van der Waals surface area contributed by atoms with Gasteiger partial charge in [-0.3, -0.25) is 18.6 Å². The van der Waals surface area contributed by atoms with Gasteiger partial charge in [-0.05, 0) is 64.2 Å². The standard InChI is InChI=1S/C45H76NO11P/c1-3-5-7-8-9-10-11-12-13-14-15-16-17-18-19-24-28-34-45(51)57-41(39-56-58(52,53)55-37-36-46)38-54-44(50)35-29-33-43(49)42(48)32-27-23-21-20-22-26-31-40(47)30-25-6-4-2/h6,9-10,12-13,20-23,25-27,31-32,40-43,47-49H,3-5,7-8,11,14-19,24,28-30,33-39,46H2,1-2H3,(H,52,53)/b10-9-,13-12-,22-20+,23-21-,25-6-,31-26+,32-27-/t40-,41-,42+,43+/m1/s1. The minimum atomic E-state index is -4.47. The van der Waals surface area contributed by atoms with Crippen LogP contribution in [0.3, 0.4) is 0 Å². The lowest BCUT2D eigenvalue weighted by Crippen LogP contribution is -2.30. The van der Waals surface area contributed by atoms with Crippen molar-refractivity contribution >= 4 is 19.8 Å². The molecule has 6 N–H and O–H groups in total. The van der Waals surface area contributed by atoms with Crippen molar-refractivity contribution in [2.45, 2.75) is 160 Å². The summed E-state index contributed by atoms with van der Waals surface area (Å²) in [5.41, 5.74) is 5.32. The van der Waals surface area contributed by atoms with E-state index in [1.54, 1.807) is 42.5 Å². The third-order valence-electron chi connectivity index (χ3n) is 8.61. The summed E-state index contributed by atoms with van der Waals surface area (Å²) in [6.45, 7) is 3.08. The number of ether oxygens (including phenoxy) is 2. The van der Waals surface area contributed by atoms with Crippen LogP contribution in [0.2, 0.25) is 0 Å². The predicted molar refractivity (Wildman–Crippen MR) is 233 cm³/mol. The Kier molecular flexibility index (Phi) is 37.5. The zero-order valence-corrected chi connectivity index (χ0v) is 36.2. The molecule has 0 radical (unpaired) electrons. The summed E-state index contributed by atoms with van der Waals surface area (Å²) in [4.78, 5) is 34.9. The van der Waals surface area contributed by atoms with Crippen molar-refractivity contribution in [3.05, 3.63) is 85.1 Å². The number of esters is 2. The highest BCUT2D eigenvalue weighted by atomic mass is 31.2. The minimum absolute atomic E-state index is 0.00168. The number of carbonyl (C=O) groups is 2. The van der Waals surface area contributed by atoms with Crippen LogP contribution in [0.15, 0.2) is 85.1 Å². The lowest BCUT2D eigenvalue weighted by atomic mass is 10.1. The normalized spacial score (nSPS) is 15.8. The molecule has 0 fully saturated rings. The van der Waals surface area contributed by atoms with E-state index in [1.165, 1.54) is 44.6 Å². The van der Waals surface area contributed by atoms with Crippen molar-refractivity contribution in [1.29, 1.82) is 0 Å². The van der Waals surface area contributed by atoms with Crippen molar-refractivity contribution in [2.75, 3.05) is 26.4 Å². The summed E-state index contributed by atoms with van der Waals surface area (Å²) in [5.74, 6) is -1.18. The molecule has 0 saturated carbocycles. The molecule has 12 nitrogen and oxygen atoms in total. The van der Waals surface area contributed by atoms with Gasteiger partial charge in [-0.1, -0.05) is 144 Å². The maximum Gasteiger partial charge on any atom is 0.472 e. The molecule has 0 aromatic heterocycles. The van der Waals surface area contributed by atoms with Crippen molar-refractivity contribution in [3.63, 3.8) is 0 Å². The summed E-state index contributed by atoms with van der Waals surface area (Å²) in [7, 11) is -4.47. The predicted octanol–water partition coefficient (Wildman–Crippen LogP) is 8.96. The zero-order chi connectivity index (χ0) is 43.0. The van der Waals surface area contributed by atoms with E-state index < -0.39 is 57.4 Å². The Labute approximate surface area is 349 Å². The Bertz CT molecular complexity index is 1280. The van der Waals surface area contributed by atoms with Crippen LogP contribution in [0.5, 0.6) is 0 Å². The molecule has 0 aliphatic heterocycles. The number of phosphoric acid groups is 1. The maximum absolute atomic E-state index is 12.6. The SMILES string of the molecule is CC/C=C\C[C@@H](O)/C=C/C=C/C=C\C=C/[C@H](O)[C@@H](O)CCCC(=O)OC[C@H](COP(=O)(O)OCCN)OC(=O)CCCCCCCCC/C=C\C/C=C\CCCCC. The average molecular weight is 838 g/mol. The molecular weight excluding hydrogens is 761 g/mol. The highest BCUT2D eigenvalue weighted by Crippen LogP contribution is 2.43. The molecule has 0 heterocycles. The number of phosphoric ester groups is 1. The summed E-state index contributed by atoms with van der Waals surface area (Å²) in [6, 6.07) is 0. The van der Waals surface area contributed by atoms with E-state index in [-0.39, 0.29) is 38.8 Å². The first-order chi connectivity index (χ1) is 28.0. The van der Waals surface area contributed by atoms with Gasteiger partial charge in [0.25, 0.3) is 0 Å². The van der Waals surface area contributed by atoms with Crippen LogP contribution in [0, 0.1) is 0 Å². The molecular formula is C45H76NO11P. The molecule has 0 aromatic rings. The number of allylic oxidation sites excluding steroid dienone is 11. The summed E-state index contributed by atoms with van der Waals surface area (Å²) < 4.78 is 32.5. The number of rotatable bonds is 38. The molecule has 332 valence electrons. The van der Waals surface area contributed by atoms with Crippen molar-refractivity contribution < 1.29 is 52.9 Å². The van der Waals surface area contributed by atoms with E-state index in [9.17, 15) is 34.4 Å². The number of hydrogen-bond donors (Lipinski definition) is 5. The van der Waals surface area contributed by atoms with Crippen LogP contribution in [-0.2, 0) is 32.7 Å². The lowest BCUT2D eigenvalue weighted by Gasteiger charge is -2.20. The molecule has 58 heavy (non-hydrogen) atoms. The molecule has 13 heteroatoms. The largest absolute Gasteiger partial charge is 0.472 e. The Balaban J connectivity index is 4.52. The van der Waals surface area contributed by atoms with E-state index in [2.05, 4.69) is 31.2 Å². The van der Waals surface area contributed by atoms with Crippen LogP contribution in [0.1, 0.15) is 136 Å². The fourth-order valence-electron chi connectivity index (χ4n) is 5.30. The topological polar surface area (TPSA) is 195 Å². The van der Waals surface area contributed by atoms with E-state index >= 15 is 0 Å². The second-order valence-electron chi connectivity index (χ2n) is 14.0. The molecule has 0 aliphatic carbocycles. The molecule has 0 rings (SSSR count). The maximum atomic E-state index is 12.6. The highest BCUT2D eigenvalue weighted by molar-refractivity contribution is 7.47. The number of nitrogens with two attached hydrogens (primary N) is 1. The molecule has 0 aromatic carbocycles. The lowest BCUT2D eigenvalue weighted by molar-refractivity contribution is -0.161. The Hall–Kier alpha value is -2.93. The molecule has 0 aliphatic rings. The first kappa shape index (κ1) is 55.1. The fourth-order valence-corrected chi connectivity index (χ4v) is 6.06. The van der Waals surface area contributed by atoms with Gasteiger partial charge in [-0.15, -0.1) is 0 Å². The monoisotopic (exact) mass is 838 g/mol. The van der Waals surface area contributed by atoms with E-state index in [0.717, 1.165) is 44.9 Å². The van der Waals surface area contributed by atoms with Gasteiger partial charge in [0, 0.05) is 19.4 Å². The van der Waals surface area contributed by atoms with Gasteiger partial charge in [0.2, 0.25) is 0 Å². The van der Waals surface area contributed by atoms with Crippen LogP contribution in [0.4, 0.5) is 0 Å². The summed E-state index contributed by atoms with van der Waals surface area (Å²) >= 11 is 0. The van der Waals surface area contributed by atoms with Gasteiger partial charge in [0.15, 0.2) is 6.10 Å². The molecule has 0 bridgehead atoms. The van der Waals surface area contributed by atoms with Crippen molar-refractivity contribution in [3.8, 4) is 0 Å². The number of aliphatic hydroxyl groups excluding tert-OH is 3. The van der Waals surface area contributed by atoms with Gasteiger partial charge < -0.3 is 35.4 Å². The van der Waals surface area contributed by atoms with Crippen LogP contribution in [0.25, 0.3) is 0 Å². The fraction of sp³-hybridized carbons (Fsp3) is 0.644. The molecule has 5 atom stereocenters. The van der Waals surface area contributed by atoms with Gasteiger partial charge in [0.1, 0.15) is 6.61 Å². The third kappa shape index (κ3) is 37.3. The van der Waals surface area contributed by atoms with Gasteiger partial charge in [-0.25, -0.2) is 4.57 Å². The van der Waals surface area contributed by atoms with Crippen molar-refractivity contribution in [1.82, 2.24) is 0 Å². The second kappa shape index (κ2) is 39.5. The van der Waals surface area contributed by atoms with Crippen molar-refractivity contribution in [2.24, 2.45) is 5.73 Å². The quantitative estimate of drug-likeness (QED) is 0.0130. The van der Waals surface area contributed by atoms with Crippen LogP contribution in [-0.4, -0.2) is 82.9 Å². The van der Waals surface area contributed by atoms with E-state index in [0.29, 0.717) is 12.8 Å².